The van der Waals surface area contributed by atoms with Crippen LogP contribution >= 0.6 is 11.8 Å². The van der Waals surface area contributed by atoms with E-state index in [1.165, 1.54) is 6.33 Å². The molecule has 5 heteroatoms. The fourth-order valence-electron chi connectivity index (χ4n) is 1.81. The summed E-state index contributed by atoms with van der Waals surface area (Å²) >= 11 is 1.67. The molecule has 0 saturated carbocycles. The molecule has 1 heterocycles. The van der Waals surface area contributed by atoms with Crippen molar-refractivity contribution in [3.63, 3.8) is 0 Å². The second kappa shape index (κ2) is 7.05. The largest absolute Gasteiger partial charge is 0.346 e. The zero-order valence-electron chi connectivity index (χ0n) is 11.6. The quantitative estimate of drug-likeness (QED) is 0.859. The summed E-state index contributed by atoms with van der Waals surface area (Å²) in [4.78, 5) is 21.4. The predicted octanol–water partition coefficient (Wildman–Crippen LogP) is 2.83. The lowest BCUT2D eigenvalue weighted by molar-refractivity contribution is 0.0947. The van der Waals surface area contributed by atoms with Gasteiger partial charge in [-0.1, -0.05) is 19.1 Å². The second-order valence-corrected chi connectivity index (χ2v) is 5.57. The van der Waals surface area contributed by atoms with Crippen molar-refractivity contribution in [3.8, 4) is 0 Å². The van der Waals surface area contributed by atoms with Crippen molar-refractivity contribution in [1.29, 1.82) is 0 Å². The molecule has 0 spiro atoms. The number of nitrogens with one attached hydrogen (secondary N) is 1. The summed E-state index contributed by atoms with van der Waals surface area (Å²) in [7, 11) is 0. The molecule has 104 valence electrons. The number of carbonyl (C=O) groups is 1. The number of thioether (sulfide) groups is 1. The molecule has 1 aromatic carbocycles. The number of carbonyl (C=O) groups excluding carboxylic acids is 1. The fourth-order valence-corrected chi connectivity index (χ4v) is 2.61. The minimum absolute atomic E-state index is 0.0715. The number of benzene rings is 1. The maximum atomic E-state index is 12.2. The van der Waals surface area contributed by atoms with Crippen LogP contribution in [-0.4, -0.2) is 21.6 Å². The van der Waals surface area contributed by atoms with Crippen LogP contribution in [0, 0.1) is 6.92 Å². The molecule has 0 aliphatic heterocycles. The highest BCUT2D eigenvalue weighted by molar-refractivity contribution is 7.99. The normalized spacial score (nSPS) is 10.3. The molecule has 1 amide bonds. The minimum Gasteiger partial charge on any atom is -0.346 e. The molecule has 0 bridgehead atoms. The molecule has 20 heavy (non-hydrogen) atoms. The summed E-state index contributed by atoms with van der Waals surface area (Å²) in [6.07, 6.45) is 1.51. The molecule has 0 fully saturated rings. The van der Waals surface area contributed by atoms with Gasteiger partial charge >= 0.3 is 0 Å². The average Bonchev–Trinajstić information content (AvgIpc) is 2.46. The van der Waals surface area contributed by atoms with Crippen LogP contribution in [-0.2, 0) is 6.54 Å². The van der Waals surface area contributed by atoms with Gasteiger partial charge in [-0.3, -0.25) is 4.79 Å². The Hall–Kier alpha value is -1.88. The lowest BCUT2D eigenvalue weighted by Crippen LogP contribution is -2.24. The maximum Gasteiger partial charge on any atom is 0.252 e. The van der Waals surface area contributed by atoms with E-state index < -0.39 is 0 Å². The fraction of sp³-hybridized carbons (Fsp3) is 0.267. The molecule has 2 rings (SSSR count). The number of hydrogen-bond donors (Lipinski definition) is 1. The smallest absolute Gasteiger partial charge is 0.252 e. The minimum atomic E-state index is -0.0715. The van der Waals surface area contributed by atoms with Gasteiger partial charge < -0.3 is 5.32 Å². The van der Waals surface area contributed by atoms with Crippen molar-refractivity contribution in [1.82, 2.24) is 15.3 Å². The van der Waals surface area contributed by atoms with E-state index in [2.05, 4.69) is 22.2 Å². The van der Waals surface area contributed by atoms with Gasteiger partial charge in [0.15, 0.2) is 0 Å². The number of hydrogen-bond acceptors (Lipinski definition) is 4. The number of amides is 1. The third-order valence-electron chi connectivity index (χ3n) is 2.72. The molecule has 0 saturated heterocycles. The zero-order chi connectivity index (χ0) is 14.4. The summed E-state index contributed by atoms with van der Waals surface area (Å²) in [6.45, 7) is 4.39. The van der Waals surface area contributed by atoms with Gasteiger partial charge in [-0.25, -0.2) is 9.97 Å². The lowest BCUT2D eigenvalue weighted by Gasteiger charge is -2.09. The third kappa shape index (κ3) is 3.81. The highest BCUT2D eigenvalue weighted by Gasteiger charge is 2.10. The summed E-state index contributed by atoms with van der Waals surface area (Å²) < 4.78 is 0. The zero-order valence-corrected chi connectivity index (χ0v) is 12.4. The van der Waals surface area contributed by atoms with Crippen molar-refractivity contribution in [2.45, 2.75) is 25.3 Å². The molecule has 0 unspecified atom stereocenters. The van der Waals surface area contributed by atoms with Gasteiger partial charge in [0.05, 0.1) is 17.8 Å². The Morgan fingerprint density at radius 1 is 1.30 bits per heavy atom. The Labute approximate surface area is 123 Å². The molecule has 0 atom stereocenters. The predicted molar refractivity (Wildman–Crippen MR) is 80.8 cm³/mol. The van der Waals surface area contributed by atoms with Crippen LogP contribution in [0.4, 0.5) is 0 Å². The Morgan fingerprint density at radius 3 is 2.85 bits per heavy atom. The SMILES string of the molecule is CCSc1ccccc1C(=O)NCc1cc(C)ncn1. The summed E-state index contributed by atoms with van der Waals surface area (Å²) in [6, 6.07) is 9.51. The van der Waals surface area contributed by atoms with Crippen molar-refractivity contribution in [2.75, 3.05) is 5.75 Å². The van der Waals surface area contributed by atoms with Crippen molar-refractivity contribution in [2.24, 2.45) is 0 Å². The first kappa shape index (κ1) is 14.5. The number of rotatable bonds is 5. The summed E-state index contributed by atoms with van der Waals surface area (Å²) in [5.74, 6) is 0.868. The van der Waals surface area contributed by atoms with Crippen LogP contribution in [0.5, 0.6) is 0 Å². The topological polar surface area (TPSA) is 54.9 Å². The Bertz CT molecular complexity index is 601. The van der Waals surface area contributed by atoms with E-state index in [9.17, 15) is 4.79 Å². The molecule has 4 nitrogen and oxygen atoms in total. The first-order chi connectivity index (χ1) is 9.70. The van der Waals surface area contributed by atoms with Gasteiger partial charge in [-0.05, 0) is 30.9 Å². The van der Waals surface area contributed by atoms with E-state index in [4.69, 9.17) is 0 Å². The van der Waals surface area contributed by atoms with Crippen molar-refractivity contribution >= 4 is 17.7 Å². The van der Waals surface area contributed by atoms with E-state index in [1.807, 2.05) is 37.3 Å². The molecule has 1 N–H and O–H groups in total. The Morgan fingerprint density at radius 2 is 2.10 bits per heavy atom. The first-order valence-corrected chi connectivity index (χ1v) is 7.47. The highest BCUT2D eigenvalue weighted by atomic mass is 32.2. The van der Waals surface area contributed by atoms with Gasteiger partial charge in [0.1, 0.15) is 6.33 Å². The Balaban J connectivity index is 2.05. The molecular formula is C15H17N3OS. The first-order valence-electron chi connectivity index (χ1n) is 6.48. The van der Waals surface area contributed by atoms with E-state index in [-0.39, 0.29) is 5.91 Å². The average molecular weight is 287 g/mol. The third-order valence-corrected chi connectivity index (χ3v) is 3.68. The molecule has 1 aromatic heterocycles. The van der Waals surface area contributed by atoms with E-state index in [0.29, 0.717) is 12.1 Å². The maximum absolute atomic E-state index is 12.2. The standard InChI is InChI=1S/C15H17N3OS/c1-3-20-14-7-5-4-6-13(14)15(19)16-9-12-8-11(2)17-10-18-12/h4-8,10H,3,9H2,1-2H3,(H,16,19). The van der Waals surface area contributed by atoms with Crippen LogP contribution in [0.3, 0.4) is 0 Å². The van der Waals surface area contributed by atoms with Gasteiger partial charge in [-0.15, -0.1) is 11.8 Å². The van der Waals surface area contributed by atoms with E-state index >= 15 is 0 Å². The van der Waals surface area contributed by atoms with E-state index in [1.54, 1.807) is 11.8 Å². The number of aromatic nitrogens is 2. The van der Waals surface area contributed by atoms with Crippen LogP contribution in [0.25, 0.3) is 0 Å². The van der Waals surface area contributed by atoms with Crippen LogP contribution < -0.4 is 5.32 Å². The van der Waals surface area contributed by atoms with Crippen LogP contribution in [0.15, 0.2) is 41.6 Å². The number of aryl methyl sites for hydroxylation is 1. The molecule has 2 aromatic rings. The van der Waals surface area contributed by atoms with Crippen LogP contribution in [0.1, 0.15) is 28.7 Å². The van der Waals surface area contributed by atoms with Gasteiger partial charge in [-0.2, -0.15) is 0 Å². The summed E-state index contributed by atoms with van der Waals surface area (Å²) in [5, 5.41) is 2.90. The van der Waals surface area contributed by atoms with Crippen molar-refractivity contribution < 1.29 is 4.79 Å². The van der Waals surface area contributed by atoms with Crippen molar-refractivity contribution in [3.05, 3.63) is 53.6 Å². The molecular weight excluding hydrogens is 270 g/mol. The van der Waals surface area contributed by atoms with Gasteiger partial charge in [0.2, 0.25) is 0 Å². The molecule has 0 aliphatic rings. The van der Waals surface area contributed by atoms with E-state index in [0.717, 1.165) is 22.0 Å². The number of nitrogens with zero attached hydrogens (tertiary/aromatic N) is 2. The molecule has 0 aliphatic carbocycles. The summed E-state index contributed by atoms with van der Waals surface area (Å²) in [5.41, 5.74) is 2.42. The van der Waals surface area contributed by atoms with Gasteiger partial charge in [0.25, 0.3) is 5.91 Å². The molecule has 0 radical (unpaired) electrons. The highest BCUT2D eigenvalue weighted by Crippen LogP contribution is 2.22. The lowest BCUT2D eigenvalue weighted by atomic mass is 10.2. The van der Waals surface area contributed by atoms with Crippen LogP contribution in [0.2, 0.25) is 0 Å². The monoisotopic (exact) mass is 287 g/mol. The van der Waals surface area contributed by atoms with Gasteiger partial charge in [0, 0.05) is 10.6 Å². The Kier molecular flexibility index (Phi) is 5.12. The second-order valence-electron chi connectivity index (χ2n) is 4.26.